The van der Waals surface area contributed by atoms with E-state index in [1.54, 1.807) is 36.6 Å². The van der Waals surface area contributed by atoms with Gasteiger partial charge in [0.1, 0.15) is 0 Å². The third kappa shape index (κ3) is 5.28. The number of nitrogens with one attached hydrogen (secondary N) is 2. The lowest BCUT2D eigenvalue weighted by atomic mass is 10.2. The molecule has 1 saturated heterocycles. The van der Waals surface area contributed by atoms with Crippen molar-refractivity contribution >= 4 is 23.0 Å². The van der Waals surface area contributed by atoms with Crippen LogP contribution in [0.5, 0.6) is 0 Å². The van der Waals surface area contributed by atoms with Gasteiger partial charge in [-0.2, -0.15) is 0 Å². The number of para-hydroxylation sites is 1. The Kier molecular flexibility index (Phi) is 7.35. The maximum absolute atomic E-state index is 11.2. The van der Waals surface area contributed by atoms with Crippen LogP contribution in [0.3, 0.4) is 0 Å². The maximum Gasteiger partial charge on any atom is 0.274 e. The summed E-state index contributed by atoms with van der Waals surface area (Å²) in [7, 11) is 1.70. The Morgan fingerprint density at radius 1 is 1.29 bits per heavy atom. The van der Waals surface area contributed by atoms with E-state index in [4.69, 9.17) is 4.74 Å². The second-order valence-electron chi connectivity index (χ2n) is 6.37. The molecular weight excluding hydrogens is 378 g/mol. The van der Waals surface area contributed by atoms with Crippen LogP contribution in [0.4, 0.5) is 5.69 Å². The molecule has 0 radical (unpaired) electrons. The van der Waals surface area contributed by atoms with E-state index in [1.807, 2.05) is 0 Å². The van der Waals surface area contributed by atoms with E-state index in [0.29, 0.717) is 24.6 Å². The molecule has 1 unspecified atom stereocenters. The van der Waals surface area contributed by atoms with Gasteiger partial charge in [-0.15, -0.1) is 11.3 Å². The lowest BCUT2D eigenvalue weighted by Crippen LogP contribution is -2.46. The second-order valence-corrected chi connectivity index (χ2v) is 7.35. The summed E-state index contributed by atoms with van der Waals surface area (Å²) in [5.74, 6) is 0.618. The molecule has 28 heavy (non-hydrogen) atoms. The zero-order valence-corrected chi connectivity index (χ0v) is 16.7. The zero-order chi connectivity index (χ0) is 19.8. The predicted molar refractivity (Wildman–Crippen MR) is 111 cm³/mol. The molecule has 0 saturated carbocycles. The van der Waals surface area contributed by atoms with E-state index in [2.05, 4.69) is 38.0 Å². The Morgan fingerprint density at radius 3 is 2.75 bits per heavy atom. The topological polar surface area (TPSA) is 92.0 Å². The summed E-state index contributed by atoms with van der Waals surface area (Å²) in [5.41, 5.74) is 0.730. The molecule has 2 aromatic rings. The Hall–Kier alpha value is -2.49. The summed E-state index contributed by atoms with van der Waals surface area (Å²) in [6.07, 6.45) is 0. The third-order valence-corrected chi connectivity index (χ3v) is 5.65. The molecule has 1 aromatic heterocycles. The molecule has 8 nitrogen and oxygen atoms in total. The van der Waals surface area contributed by atoms with Crippen LogP contribution in [-0.4, -0.2) is 55.7 Å². The number of nitro groups is 1. The quantitative estimate of drug-likeness (QED) is 0.319. The standard InChI is InChI=1S/C19H25N5O3S/c1-20-19(21-13-15-5-2-3-6-16(15)24(25)26)22-14-17(18-7-4-12-28-18)23-8-10-27-11-9-23/h2-7,12,17H,8-11,13-14H2,1H3,(H2,20,21,22). The second kappa shape index (κ2) is 10.2. The summed E-state index contributed by atoms with van der Waals surface area (Å²) in [4.78, 5) is 18.8. The van der Waals surface area contributed by atoms with E-state index in [0.717, 1.165) is 26.3 Å². The summed E-state index contributed by atoms with van der Waals surface area (Å²) in [6.45, 7) is 4.30. The van der Waals surface area contributed by atoms with Crippen molar-refractivity contribution < 1.29 is 9.66 Å². The highest BCUT2D eigenvalue weighted by molar-refractivity contribution is 7.10. The number of rotatable bonds is 7. The van der Waals surface area contributed by atoms with Crippen LogP contribution >= 0.6 is 11.3 Å². The van der Waals surface area contributed by atoms with Crippen LogP contribution in [0, 0.1) is 10.1 Å². The molecule has 150 valence electrons. The van der Waals surface area contributed by atoms with E-state index in [1.165, 1.54) is 10.9 Å². The number of morpholine rings is 1. The van der Waals surface area contributed by atoms with Gasteiger partial charge in [0.25, 0.3) is 5.69 Å². The smallest absolute Gasteiger partial charge is 0.274 e. The lowest BCUT2D eigenvalue weighted by Gasteiger charge is -2.34. The molecular formula is C19H25N5O3S. The number of ether oxygens (including phenoxy) is 1. The predicted octanol–water partition coefficient (Wildman–Crippen LogP) is 2.39. The number of aliphatic imine (C=N–C) groups is 1. The minimum absolute atomic E-state index is 0.107. The van der Waals surface area contributed by atoms with E-state index in [9.17, 15) is 10.1 Å². The molecule has 1 fully saturated rings. The van der Waals surface area contributed by atoms with Crippen molar-refractivity contribution in [1.29, 1.82) is 0 Å². The molecule has 0 amide bonds. The molecule has 1 aromatic carbocycles. The van der Waals surface area contributed by atoms with Crippen molar-refractivity contribution in [3.8, 4) is 0 Å². The zero-order valence-electron chi connectivity index (χ0n) is 15.8. The average Bonchev–Trinajstić information content (AvgIpc) is 3.26. The van der Waals surface area contributed by atoms with Gasteiger partial charge in [0.05, 0.1) is 24.2 Å². The fourth-order valence-corrected chi connectivity index (χ4v) is 4.07. The van der Waals surface area contributed by atoms with Gasteiger partial charge in [0.15, 0.2) is 5.96 Å². The normalized spacial score (nSPS) is 16.5. The van der Waals surface area contributed by atoms with Gasteiger partial charge >= 0.3 is 0 Å². The average molecular weight is 404 g/mol. The minimum atomic E-state index is -0.363. The van der Waals surface area contributed by atoms with Crippen LogP contribution in [0.2, 0.25) is 0 Å². The number of guanidine groups is 1. The van der Waals surface area contributed by atoms with Crippen molar-refractivity contribution in [2.24, 2.45) is 4.99 Å². The Morgan fingerprint density at radius 2 is 2.07 bits per heavy atom. The summed E-state index contributed by atoms with van der Waals surface area (Å²) in [6, 6.07) is 11.2. The molecule has 9 heteroatoms. The first-order valence-corrected chi connectivity index (χ1v) is 10.1. The van der Waals surface area contributed by atoms with Crippen molar-refractivity contribution in [3.05, 3.63) is 62.3 Å². The van der Waals surface area contributed by atoms with Gasteiger partial charge in [-0.25, -0.2) is 0 Å². The lowest BCUT2D eigenvalue weighted by molar-refractivity contribution is -0.385. The summed E-state index contributed by atoms with van der Waals surface area (Å²) < 4.78 is 5.48. The number of hydrogen-bond donors (Lipinski definition) is 2. The largest absolute Gasteiger partial charge is 0.379 e. The van der Waals surface area contributed by atoms with E-state index < -0.39 is 0 Å². The van der Waals surface area contributed by atoms with Crippen molar-refractivity contribution in [3.63, 3.8) is 0 Å². The number of hydrogen-bond acceptors (Lipinski definition) is 6. The summed E-state index contributed by atoms with van der Waals surface area (Å²) >= 11 is 1.74. The highest BCUT2D eigenvalue weighted by Gasteiger charge is 2.23. The first kappa shape index (κ1) is 20.2. The van der Waals surface area contributed by atoms with Gasteiger partial charge in [0.2, 0.25) is 0 Å². The highest BCUT2D eigenvalue weighted by Crippen LogP contribution is 2.25. The fourth-order valence-electron chi connectivity index (χ4n) is 3.21. The minimum Gasteiger partial charge on any atom is -0.379 e. The Labute approximate surface area is 168 Å². The molecule has 0 bridgehead atoms. The van der Waals surface area contributed by atoms with Gasteiger partial charge in [0, 0.05) is 49.7 Å². The van der Waals surface area contributed by atoms with Gasteiger partial charge in [-0.1, -0.05) is 24.3 Å². The molecule has 1 aliphatic heterocycles. The van der Waals surface area contributed by atoms with Crippen molar-refractivity contribution in [2.45, 2.75) is 12.6 Å². The monoisotopic (exact) mass is 403 g/mol. The van der Waals surface area contributed by atoms with E-state index in [-0.39, 0.29) is 16.7 Å². The maximum atomic E-state index is 11.2. The van der Waals surface area contributed by atoms with Crippen molar-refractivity contribution in [2.75, 3.05) is 39.9 Å². The van der Waals surface area contributed by atoms with Crippen LogP contribution in [0.25, 0.3) is 0 Å². The Bertz CT molecular complexity index is 791. The molecule has 1 atom stereocenters. The van der Waals surface area contributed by atoms with Gasteiger partial charge < -0.3 is 15.4 Å². The third-order valence-electron chi connectivity index (χ3n) is 4.68. The summed E-state index contributed by atoms with van der Waals surface area (Å²) in [5, 5.41) is 19.8. The van der Waals surface area contributed by atoms with Gasteiger partial charge in [-0.3, -0.25) is 20.0 Å². The molecule has 2 heterocycles. The van der Waals surface area contributed by atoms with Gasteiger partial charge in [-0.05, 0) is 11.4 Å². The number of benzene rings is 1. The number of thiophene rings is 1. The first-order chi connectivity index (χ1) is 13.7. The van der Waals surface area contributed by atoms with Crippen LogP contribution in [-0.2, 0) is 11.3 Å². The number of nitrogens with zero attached hydrogens (tertiary/aromatic N) is 3. The Balaban J connectivity index is 1.61. The first-order valence-electron chi connectivity index (χ1n) is 9.21. The highest BCUT2D eigenvalue weighted by atomic mass is 32.1. The van der Waals surface area contributed by atoms with Crippen LogP contribution in [0.1, 0.15) is 16.5 Å². The molecule has 0 aliphatic carbocycles. The van der Waals surface area contributed by atoms with Crippen LogP contribution < -0.4 is 10.6 Å². The SMILES string of the molecule is CN=C(NCc1ccccc1[N+](=O)[O-])NCC(c1cccs1)N1CCOCC1. The molecule has 2 N–H and O–H groups in total. The molecule has 3 rings (SSSR count). The molecule has 1 aliphatic rings. The van der Waals surface area contributed by atoms with Crippen LogP contribution in [0.15, 0.2) is 46.8 Å². The van der Waals surface area contributed by atoms with Crippen molar-refractivity contribution in [1.82, 2.24) is 15.5 Å². The molecule has 0 spiro atoms. The fraction of sp³-hybridized carbons (Fsp3) is 0.421. The number of nitro benzene ring substituents is 1. The van der Waals surface area contributed by atoms with E-state index >= 15 is 0 Å².